The molecule has 2 N–H and O–H groups in total. The van der Waals surface area contributed by atoms with Gasteiger partial charge in [-0.3, -0.25) is 9.52 Å². The maximum absolute atomic E-state index is 12.5. The number of carbonyl (C=O) groups is 1. The van der Waals surface area contributed by atoms with Gasteiger partial charge in [0.1, 0.15) is 11.5 Å². The number of methoxy groups -OCH3 is 1. The van der Waals surface area contributed by atoms with Crippen LogP contribution in [0.5, 0.6) is 11.5 Å². The third-order valence-electron chi connectivity index (χ3n) is 3.97. The van der Waals surface area contributed by atoms with Crippen LogP contribution in [0, 0.1) is 3.57 Å². The van der Waals surface area contributed by atoms with E-state index in [1.165, 1.54) is 31.4 Å². The molecule has 1 amide bonds. The third kappa shape index (κ3) is 6.10. The number of sulfonamides is 1. The van der Waals surface area contributed by atoms with E-state index >= 15 is 0 Å². The van der Waals surface area contributed by atoms with E-state index in [0.717, 1.165) is 3.57 Å². The van der Waals surface area contributed by atoms with Gasteiger partial charge in [-0.05, 0) is 95.4 Å². The van der Waals surface area contributed by atoms with Crippen LogP contribution >= 0.6 is 22.6 Å². The highest BCUT2D eigenvalue weighted by Gasteiger charge is 2.14. The molecule has 0 atom stereocenters. The molecule has 156 valence electrons. The molecule has 9 heteroatoms. The predicted octanol–water partition coefficient (Wildman–Crippen LogP) is 4.12. The van der Waals surface area contributed by atoms with Crippen LogP contribution in [0.2, 0.25) is 0 Å². The van der Waals surface area contributed by atoms with E-state index in [-0.39, 0.29) is 17.4 Å². The summed E-state index contributed by atoms with van der Waals surface area (Å²) in [6.07, 6.45) is 0. The summed E-state index contributed by atoms with van der Waals surface area (Å²) in [5.41, 5.74) is 1.10. The SMILES string of the molecule is COc1ccc(NS(=O)(=O)c2ccc(OCC(=O)Nc3ccc(I)cc3)cc2)cc1. The van der Waals surface area contributed by atoms with E-state index < -0.39 is 10.0 Å². The fourth-order valence-corrected chi connectivity index (χ4v) is 3.89. The monoisotopic (exact) mass is 538 g/mol. The summed E-state index contributed by atoms with van der Waals surface area (Å²) in [7, 11) is -2.22. The Balaban J connectivity index is 1.56. The van der Waals surface area contributed by atoms with Gasteiger partial charge in [0.15, 0.2) is 6.61 Å². The first-order chi connectivity index (χ1) is 14.4. The largest absolute Gasteiger partial charge is 0.497 e. The fourth-order valence-electron chi connectivity index (χ4n) is 2.47. The quantitative estimate of drug-likeness (QED) is 0.421. The van der Waals surface area contributed by atoms with Gasteiger partial charge in [-0.15, -0.1) is 0 Å². The Morgan fingerprint density at radius 2 is 1.43 bits per heavy atom. The molecular weight excluding hydrogens is 519 g/mol. The van der Waals surface area contributed by atoms with E-state index in [1.54, 1.807) is 36.4 Å². The first-order valence-corrected chi connectivity index (χ1v) is 11.4. The molecule has 0 saturated carbocycles. The number of benzene rings is 3. The van der Waals surface area contributed by atoms with Crippen LogP contribution in [-0.2, 0) is 14.8 Å². The molecule has 0 aliphatic carbocycles. The normalized spacial score (nSPS) is 10.9. The highest BCUT2D eigenvalue weighted by atomic mass is 127. The number of anilines is 2. The Labute approximate surface area is 188 Å². The van der Waals surface area contributed by atoms with Gasteiger partial charge in [0.25, 0.3) is 15.9 Å². The molecule has 7 nitrogen and oxygen atoms in total. The lowest BCUT2D eigenvalue weighted by Crippen LogP contribution is -2.20. The van der Waals surface area contributed by atoms with E-state index in [1.807, 2.05) is 12.1 Å². The summed E-state index contributed by atoms with van der Waals surface area (Å²) >= 11 is 2.18. The van der Waals surface area contributed by atoms with Gasteiger partial charge in [0.05, 0.1) is 12.0 Å². The van der Waals surface area contributed by atoms with Crippen LogP contribution in [-0.4, -0.2) is 28.0 Å². The summed E-state index contributed by atoms with van der Waals surface area (Å²) in [5, 5.41) is 2.73. The molecule has 0 aromatic heterocycles. The van der Waals surface area contributed by atoms with Crippen molar-refractivity contribution in [3.63, 3.8) is 0 Å². The van der Waals surface area contributed by atoms with Crippen LogP contribution in [0.25, 0.3) is 0 Å². The number of carbonyl (C=O) groups excluding carboxylic acids is 1. The lowest BCUT2D eigenvalue weighted by Gasteiger charge is -2.10. The van der Waals surface area contributed by atoms with Crippen molar-refractivity contribution in [3.05, 3.63) is 76.4 Å². The Morgan fingerprint density at radius 3 is 2.03 bits per heavy atom. The first-order valence-electron chi connectivity index (χ1n) is 8.81. The smallest absolute Gasteiger partial charge is 0.262 e. The van der Waals surface area contributed by atoms with Crippen molar-refractivity contribution in [2.75, 3.05) is 23.8 Å². The maximum atomic E-state index is 12.5. The van der Waals surface area contributed by atoms with Gasteiger partial charge < -0.3 is 14.8 Å². The van der Waals surface area contributed by atoms with Gasteiger partial charge in [0.2, 0.25) is 0 Å². The second-order valence-electron chi connectivity index (χ2n) is 6.15. The molecule has 0 fully saturated rings. The molecule has 0 unspecified atom stereocenters. The predicted molar refractivity (Wildman–Crippen MR) is 124 cm³/mol. The van der Waals surface area contributed by atoms with E-state index in [9.17, 15) is 13.2 Å². The van der Waals surface area contributed by atoms with Gasteiger partial charge >= 0.3 is 0 Å². The topological polar surface area (TPSA) is 93.7 Å². The molecule has 0 aliphatic heterocycles. The number of rotatable bonds is 8. The van der Waals surface area contributed by atoms with E-state index in [4.69, 9.17) is 9.47 Å². The van der Waals surface area contributed by atoms with E-state index in [0.29, 0.717) is 22.9 Å². The number of amides is 1. The second-order valence-corrected chi connectivity index (χ2v) is 9.08. The number of nitrogens with one attached hydrogen (secondary N) is 2. The van der Waals surface area contributed by atoms with Crippen molar-refractivity contribution < 1.29 is 22.7 Å². The van der Waals surface area contributed by atoms with Crippen molar-refractivity contribution in [1.29, 1.82) is 0 Å². The van der Waals surface area contributed by atoms with Gasteiger partial charge in [0, 0.05) is 14.9 Å². The molecule has 0 aliphatic rings. The van der Waals surface area contributed by atoms with Crippen LogP contribution in [0.3, 0.4) is 0 Å². The summed E-state index contributed by atoms with van der Waals surface area (Å²) in [4.78, 5) is 12.1. The lowest BCUT2D eigenvalue weighted by molar-refractivity contribution is -0.118. The average molecular weight is 538 g/mol. The van der Waals surface area contributed by atoms with Gasteiger partial charge in [-0.1, -0.05) is 0 Å². The molecule has 3 rings (SSSR count). The zero-order chi connectivity index (χ0) is 21.6. The molecule has 3 aromatic carbocycles. The van der Waals surface area contributed by atoms with E-state index in [2.05, 4.69) is 32.6 Å². The second kappa shape index (κ2) is 9.81. The summed E-state index contributed by atoms with van der Waals surface area (Å²) in [6, 6.07) is 19.8. The van der Waals surface area contributed by atoms with Crippen molar-refractivity contribution in [2.24, 2.45) is 0 Å². The van der Waals surface area contributed by atoms with Crippen molar-refractivity contribution in [2.45, 2.75) is 4.90 Å². The highest BCUT2D eigenvalue weighted by Crippen LogP contribution is 2.21. The third-order valence-corrected chi connectivity index (χ3v) is 6.09. The molecule has 3 aromatic rings. The maximum Gasteiger partial charge on any atom is 0.262 e. The van der Waals surface area contributed by atoms with Crippen molar-refractivity contribution in [3.8, 4) is 11.5 Å². The molecule has 0 radical (unpaired) electrons. The Morgan fingerprint density at radius 1 is 0.867 bits per heavy atom. The van der Waals surface area contributed by atoms with Crippen molar-refractivity contribution in [1.82, 2.24) is 0 Å². The molecular formula is C21H19IN2O5S. The van der Waals surface area contributed by atoms with Crippen LogP contribution in [0.1, 0.15) is 0 Å². The van der Waals surface area contributed by atoms with Gasteiger partial charge in [-0.25, -0.2) is 8.42 Å². The van der Waals surface area contributed by atoms with Crippen LogP contribution in [0.15, 0.2) is 77.7 Å². The van der Waals surface area contributed by atoms with Crippen LogP contribution in [0.4, 0.5) is 11.4 Å². The summed E-state index contributed by atoms with van der Waals surface area (Å²) in [5.74, 6) is 0.704. The minimum atomic E-state index is -3.75. The Bertz CT molecular complexity index is 1100. The first kappa shape index (κ1) is 21.9. The minimum absolute atomic E-state index is 0.0778. The molecule has 0 heterocycles. The Kier molecular flexibility index (Phi) is 7.16. The zero-order valence-corrected chi connectivity index (χ0v) is 18.9. The zero-order valence-electron chi connectivity index (χ0n) is 16.0. The fraction of sp³-hybridized carbons (Fsp3) is 0.0952. The standard InChI is InChI=1S/C21H19IN2O5S/c1-28-18-8-6-17(7-9-18)24-30(26,27)20-12-10-19(11-13-20)29-14-21(25)23-16-4-2-15(22)3-5-16/h2-13,24H,14H2,1H3,(H,23,25). The lowest BCUT2D eigenvalue weighted by atomic mass is 10.3. The van der Waals surface area contributed by atoms with Gasteiger partial charge in [-0.2, -0.15) is 0 Å². The van der Waals surface area contributed by atoms with Crippen molar-refractivity contribution >= 4 is 49.9 Å². The minimum Gasteiger partial charge on any atom is -0.497 e. The molecule has 30 heavy (non-hydrogen) atoms. The average Bonchev–Trinajstić information content (AvgIpc) is 2.74. The van der Waals surface area contributed by atoms with Crippen LogP contribution < -0.4 is 19.5 Å². The number of ether oxygens (including phenoxy) is 2. The molecule has 0 spiro atoms. The molecule has 0 saturated heterocycles. The number of halogens is 1. The number of hydrogen-bond donors (Lipinski definition) is 2. The molecule has 0 bridgehead atoms. The summed E-state index contributed by atoms with van der Waals surface area (Å²) < 4.78 is 39.1. The summed E-state index contributed by atoms with van der Waals surface area (Å²) in [6.45, 7) is -0.192. The highest BCUT2D eigenvalue weighted by molar-refractivity contribution is 14.1. The Hall–Kier alpha value is -2.79. The number of hydrogen-bond acceptors (Lipinski definition) is 5.